The van der Waals surface area contributed by atoms with Crippen molar-refractivity contribution in [3.63, 3.8) is 0 Å². The topological polar surface area (TPSA) is 68.8 Å². The van der Waals surface area contributed by atoms with Gasteiger partial charge < -0.3 is 20.0 Å². The highest BCUT2D eigenvalue weighted by Gasteiger charge is 2.25. The normalized spacial score (nSPS) is 15.7. The highest BCUT2D eigenvalue weighted by Crippen LogP contribution is 2.26. The van der Waals surface area contributed by atoms with E-state index in [1.165, 1.54) is 5.69 Å². The van der Waals surface area contributed by atoms with Gasteiger partial charge in [0.15, 0.2) is 0 Å². The summed E-state index contributed by atoms with van der Waals surface area (Å²) in [6.45, 7) is 8.30. The molecular formula is C31H41N5O2S. The molecule has 2 aromatic carbocycles. The maximum absolute atomic E-state index is 13.7. The first-order valence-electron chi connectivity index (χ1n) is 13.6. The summed E-state index contributed by atoms with van der Waals surface area (Å²) in [5.74, 6) is 0.462. The first kappa shape index (κ1) is 28.8. The Labute approximate surface area is 235 Å². The van der Waals surface area contributed by atoms with Gasteiger partial charge in [-0.1, -0.05) is 32.0 Å². The zero-order valence-electron chi connectivity index (χ0n) is 23.8. The molecule has 2 unspecified atom stereocenters. The van der Waals surface area contributed by atoms with Crippen molar-refractivity contribution in [1.29, 1.82) is 0 Å². The number of carbonyl (C=O) groups excluding carboxylic acids is 1. The van der Waals surface area contributed by atoms with Crippen LogP contribution in [-0.2, 0) is 23.0 Å². The average Bonchev–Trinajstić information content (AvgIpc) is 2.92. The zero-order chi connectivity index (χ0) is 27.9. The van der Waals surface area contributed by atoms with E-state index in [4.69, 9.17) is 0 Å². The fourth-order valence-corrected chi connectivity index (χ4v) is 6.74. The van der Waals surface area contributed by atoms with Gasteiger partial charge in [-0.2, -0.15) is 0 Å². The van der Waals surface area contributed by atoms with Crippen LogP contribution in [0.3, 0.4) is 0 Å². The Bertz CT molecular complexity index is 1270. The van der Waals surface area contributed by atoms with Crippen LogP contribution in [0.5, 0.6) is 0 Å². The van der Waals surface area contributed by atoms with Crippen molar-refractivity contribution >= 4 is 33.8 Å². The summed E-state index contributed by atoms with van der Waals surface area (Å²) < 4.78 is 13.7. The predicted octanol–water partition coefficient (Wildman–Crippen LogP) is 4.67. The van der Waals surface area contributed by atoms with Crippen LogP contribution < -0.4 is 15.1 Å². The first-order chi connectivity index (χ1) is 18.7. The number of anilines is 3. The van der Waals surface area contributed by atoms with Gasteiger partial charge in [0, 0.05) is 85.8 Å². The Hall–Kier alpha value is -3.23. The molecule has 4 rings (SSSR count). The van der Waals surface area contributed by atoms with Crippen LogP contribution in [0.2, 0.25) is 0 Å². The monoisotopic (exact) mass is 547 g/mol. The lowest BCUT2D eigenvalue weighted by Crippen LogP contribution is -2.44. The SMILES string of the molecule is CC(C)C(Cc1ccncc1C(=O)Nc1ccc(N2CCN(C)CC2)cc1)S(=O)Cc1ccccc1N(C)C. The zero-order valence-corrected chi connectivity index (χ0v) is 24.6. The molecule has 0 aliphatic carbocycles. The number of benzene rings is 2. The first-order valence-corrected chi connectivity index (χ1v) is 15.0. The maximum Gasteiger partial charge on any atom is 0.257 e. The summed E-state index contributed by atoms with van der Waals surface area (Å²) in [6.07, 6.45) is 3.87. The van der Waals surface area contributed by atoms with Gasteiger partial charge in [-0.15, -0.1) is 0 Å². The number of hydrogen-bond acceptors (Lipinski definition) is 6. The summed E-state index contributed by atoms with van der Waals surface area (Å²) in [7, 11) is 5.03. The molecule has 1 fully saturated rings. The lowest BCUT2D eigenvalue weighted by molar-refractivity contribution is 0.102. The quantitative estimate of drug-likeness (QED) is 0.398. The van der Waals surface area contributed by atoms with Crippen molar-refractivity contribution in [3.8, 4) is 0 Å². The molecule has 0 spiro atoms. The number of pyridine rings is 1. The Balaban J connectivity index is 1.46. The summed E-state index contributed by atoms with van der Waals surface area (Å²) >= 11 is 0. The molecule has 39 heavy (non-hydrogen) atoms. The van der Waals surface area contributed by atoms with E-state index in [-0.39, 0.29) is 17.1 Å². The molecule has 1 N–H and O–H groups in total. The third-order valence-corrected chi connectivity index (χ3v) is 9.40. The molecule has 3 aromatic rings. The predicted molar refractivity (Wildman–Crippen MR) is 163 cm³/mol. The highest BCUT2D eigenvalue weighted by molar-refractivity contribution is 7.84. The van der Waals surface area contributed by atoms with Crippen LogP contribution in [0.1, 0.15) is 35.3 Å². The van der Waals surface area contributed by atoms with Crippen molar-refractivity contribution < 1.29 is 9.00 Å². The number of aromatic nitrogens is 1. The lowest BCUT2D eigenvalue weighted by Gasteiger charge is -2.34. The molecule has 1 amide bonds. The number of carbonyl (C=O) groups is 1. The molecule has 0 radical (unpaired) electrons. The largest absolute Gasteiger partial charge is 0.377 e. The fourth-order valence-electron chi connectivity index (χ4n) is 5.00. The summed E-state index contributed by atoms with van der Waals surface area (Å²) in [5.41, 5.74) is 5.45. The second-order valence-corrected chi connectivity index (χ2v) is 12.5. The molecule has 7 nitrogen and oxygen atoms in total. The number of nitrogens with zero attached hydrogens (tertiary/aromatic N) is 4. The molecule has 0 saturated carbocycles. The van der Waals surface area contributed by atoms with Crippen LogP contribution >= 0.6 is 0 Å². The van der Waals surface area contributed by atoms with Gasteiger partial charge in [-0.05, 0) is 66.9 Å². The Morgan fingerprint density at radius 3 is 2.36 bits per heavy atom. The number of likely N-dealkylation sites (N-methyl/N-ethyl adjacent to an activating group) is 1. The Morgan fingerprint density at radius 2 is 1.69 bits per heavy atom. The molecule has 1 aromatic heterocycles. The second-order valence-electron chi connectivity index (χ2n) is 10.9. The minimum Gasteiger partial charge on any atom is -0.377 e. The third kappa shape index (κ3) is 7.46. The summed E-state index contributed by atoms with van der Waals surface area (Å²) in [4.78, 5) is 24.3. The fraction of sp³-hybridized carbons (Fsp3) is 0.419. The lowest BCUT2D eigenvalue weighted by atomic mass is 9.99. The molecular weight excluding hydrogens is 506 g/mol. The van der Waals surface area contributed by atoms with E-state index in [1.54, 1.807) is 12.4 Å². The van der Waals surface area contributed by atoms with Gasteiger partial charge in [0.1, 0.15) is 0 Å². The van der Waals surface area contributed by atoms with Crippen LogP contribution in [0, 0.1) is 5.92 Å². The minimum atomic E-state index is -1.12. The number of piperazine rings is 1. The average molecular weight is 548 g/mol. The van der Waals surface area contributed by atoms with Crippen LogP contribution in [-0.4, -0.2) is 72.6 Å². The van der Waals surface area contributed by atoms with E-state index in [9.17, 15) is 9.00 Å². The Kier molecular flexibility index (Phi) is 9.75. The summed E-state index contributed by atoms with van der Waals surface area (Å²) in [5, 5.41) is 2.94. The van der Waals surface area contributed by atoms with Crippen LogP contribution in [0.4, 0.5) is 17.1 Å². The van der Waals surface area contributed by atoms with Gasteiger partial charge in [0.05, 0.1) is 11.3 Å². The molecule has 0 bridgehead atoms. The molecule has 8 heteroatoms. The molecule has 1 saturated heterocycles. The third-order valence-electron chi connectivity index (χ3n) is 7.42. The van der Waals surface area contributed by atoms with Gasteiger partial charge in [0.2, 0.25) is 0 Å². The van der Waals surface area contributed by atoms with Crippen molar-refractivity contribution in [2.45, 2.75) is 31.3 Å². The van der Waals surface area contributed by atoms with Crippen molar-refractivity contribution in [1.82, 2.24) is 9.88 Å². The number of nitrogens with one attached hydrogen (secondary N) is 1. The number of hydrogen-bond donors (Lipinski definition) is 1. The smallest absolute Gasteiger partial charge is 0.257 e. The molecule has 2 atom stereocenters. The second kappa shape index (κ2) is 13.2. The van der Waals surface area contributed by atoms with Crippen molar-refractivity contribution in [2.75, 3.05) is 62.4 Å². The van der Waals surface area contributed by atoms with Gasteiger partial charge in [-0.25, -0.2) is 0 Å². The number of para-hydroxylation sites is 1. The van der Waals surface area contributed by atoms with E-state index in [0.29, 0.717) is 17.7 Å². The highest BCUT2D eigenvalue weighted by atomic mass is 32.2. The van der Waals surface area contributed by atoms with Crippen molar-refractivity contribution in [2.24, 2.45) is 5.92 Å². The van der Waals surface area contributed by atoms with Crippen molar-refractivity contribution in [3.05, 3.63) is 83.7 Å². The molecule has 1 aliphatic heterocycles. The maximum atomic E-state index is 13.7. The van der Waals surface area contributed by atoms with E-state index >= 15 is 0 Å². The van der Waals surface area contributed by atoms with E-state index in [0.717, 1.165) is 48.7 Å². The standard InChI is InChI=1S/C31H41N5O2S/c1-23(2)30(39(38)22-25-8-6-7-9-29(25)34(3)4)20-24-14-15-32-21-28(24)31(37)33-26-10-12-27(13-11-26)36-18-16-35(5)17-19-36/h6-15,21,23,30H,16-20,22H2,1-5H3,(H,33,37). The number of rotatable bonds is 10. The van der Waals surface area contributed by atoms with Gasteiger partial charge >= 0.3 is 0 Å². The van der Waals surface area contributed by atoms with Crippen LogP contribution in [0.15, 0.2) is 67.0 Å². The van der Waals surface area contributed by atoms with Gasteiger partial charge in [0.25, 0.3) is 5.91 Å². The summed E-state index contributed by atoms with van der Waals surface area (Å²) in [6, 6.07) is 18.0. The molecule has 208 valence electrons. The molecule has 2 heterocycles. The molecule has 1 aliphatic rings. The van der Waals surface area contributed by atoms with Gasteiger partial charge in [-0.3, -0.25) is 14.0 Å². The van der Waals surface area contributed by atoms with Crippen LogP contribution in [0.25, 0.3) is 0 Å². The Morgan fingerprint density at radius 1 is 1.00 bits per heavy atom. The number of amides is 1. The van der Waals surface area contributed by atoms with E-state index < -0.39 is 10.8 Å². The minimum absolute atomic E-state index is 0.1000. The van der Waals surface area contributed by atoms with E-state index in [2.05, 4.69) is 64.1 Å². The van der Waals surface area contributed by atoms with E-state index in [1.807, 2.05) is 50.5 Å².